The third kappa shape index (κ3) is 34.1. The van der Waals surface area contributed by atoms with E-state index in [-0.39, 0.29) is 6.07 Å². The summed E-state index contributed by atoms with van der Waals surface area (Å²) in [7, 11) is -88.2. The van der Waals surface area contributed by atoms with E-state index in [4.69, 9.17) is 37.9 Å². The Hall–Kier alpha value is -3.24. The van der Waals surface area contributed by atoms with Crippen LogP contribution >= 0.6 is 0 Å². The van der Waals surface area contributed by atoms with Crippen molar-refractivity contribution in [3.05, 3.63) is 24.3 Å². The average molecular weight is 1880 g/mol. The largest absolute Gasteiger partial charge is 0.462 e. The van der Waals surface area contributed by atoms with E-state index in [1.807, 2.05) is 0 Å². The second kappa shape index (κ2) is 35.1. The summed E-state index contributed by atoms with van der Waals surface area (Å²) in [6, 6.07) is 1.79. The second-order valence-electron chi connectivity index (χ2n) is 19.8. The number of hydrogen-bond acceptors (Lipinski definition) is 50. The van der Waals surface area contributed by atoms with Gasteiger partial charge in [0.05, 0.1) is 26.4 Å². The van der Waals surface area contributed by atoms with Gasteiger partial charge in [-0.1, -0.05) is 6.07 Å². The standard InChI is InChI=1S/C30H46O64S14/c31-95(32,33)73-5-11-15(83-29-25(93-107(67,68)69)21(89-103(55,56)57)17(85-99(43,44)45)13(81-29)7-75-97(37,38)39)19(87-101(49,50)51)23(91-105(61,62)63)27(79-11)77-9-2-1-3-10(4-9)78-28-24(92-106(64,65)66)20(88-102(52,53)54)16(12(80-28)6-74-96(34,35)36)84-30-26(94-108(70,71)72)22(90-104(58,59)60)18(86-100(46,47)48)14(82-30)8-76-98(40,41)42/h1-4,11-30H,5-8H2,(H,31,32,33)(H,34,35,36)(H,37,38,39)(H,40,41,42)(H,43,44,45)(H,46,47,48)(H,49,50,51)(H,52,53,54)(H,55,56,57)(H,58,59,60)(H,61,62,63)(H,64,65,66)(H,67,68,69)(H,70,71,72)/t11-,12-,13-,14-,15-,16-,17-,18-,19+,20+,21+,22+,23-,24-,25-,26-,27-,28-,29+,30+/m1/s1. The Bertz CT molecular complexity index is 4730. The normalized spacial score (nSPS) is 31.0. The van der Waals surface area contributed by atoms with Crippen molar-refractivity contribution in [3.8, 4) is 11.5 Å². The molecule has 1 aromatic rings. The van der Waals surface area contributed by atoms with E-state index < -0.39 is 306 Å². The smallest absolute Gasteiger partial charge is 0.397 e. The van der Waals surface area contributed by atoms with Gasteiger partial charge in [-0.05, 0) is 12.1 Å². The molecule has 4 fully saturated rings. The van der Waals surface area contributed by atoms with Gasteiger partial charge >= 0.3 is 146 Å². The first-order valence-electron chi connectivity index (χ1n) is 25.6. The number of hydrogen-bond donors (Lipinski definition) is 14. The predicted molar refractivity (Wildman–Crippen MR) is 306 cm³/mol. The molecule has 0 aromatic heterocycles. The molecule has 20 atom stereocenters. The fourth-order valence-corrected chi connectivity index (χ4v) is 15.3. The maximum Gasteiger partial charge on any atom is 0.397 e. The highest BCUT2D eigenvalue weighted by molar-refractivity contribution is 7.84. The zero-order chi connectivity index (χ0) is 82.9. The molecule has 0 amide bonds. The van der Waals surface area contributed by atoms with Crippen LogP contribution in [0.1, 0.15) is 0 Å². The van der Waals surface area contributed by atoms with E-state index >= 15 is 0 Å². The topological polar surface area (TPSA) is 964 Å². The molecular weight excluding hydrogens is 1830 g/mol. The molecule has 1 aromatic carbocycles. The Morgan fingerprint density at radius 1 is 0.231 bits per heavy atom. The molecule has 0 saturated carbocycles. The van der Waals surface area contributed by atoms with Crippen LogP contribution in [0.5, 0.6) is 11.5 Å². The Kier molecular flexibility index (Phi) is 31.0. The Labute approximate surface area is 604 Å². The first-order chi connectivity index (χ1) is 48.2. The third-order valence-electron chi connectivity index (χ3n) is 12.1. The van der Waals surface area contributed by atoms with Gasteiger partial charge in [0, 0.05) is 6.07 Å². The minimum Gasteiger partial charge on any atom is -0.462 e. The van der Waals surface area contributed by atoms with E-state index in [0.29, 0.717) is 18.2 Å². The van der Waals surface area contributed by atoms with Gasteiger partial charge < -0.3 is 37.9 Å². The van der Waals surface area contributed by atoms with Crippen LogP contribution in [0.3, 0.4) is 0 Å². The summed E-state index contributed by atoms with van der Waals surface area (Å²) in [5, 5.41) is 0. The van der Waals surface area contributed by atoms with E-state index in [0.717, 1.165) is 0 Å². The summed E-state index contributed by atoms with van der Waals surface area (Å²) in [5.41, 5.74) is 0. The molecule has 0 spiro atoms. The Morgan fingerprint density at radius 3 is 0.620 bits per heavy atom. The molecule has 4 heterocycles. The molecule has 0 unspecified atom stereocenters. The molecule has 108 heavy (non-hydrogen) atoms. The van der Waals surface area contributed by atoms with Crippen molar-refractivity contribution in [3.63, 3.8) is 0 Å². The molecule has 14 N–H and O–H groups in total. The monoisotopic (exact) mass is 1880 g/mol. The first-order valence-corrected chi connectivity index (χ1v) is 44.7. The van der Waals surface area contributed by atoms with Crippen molar-refractivity contribution in [2.24, 2.45) is 0 Å². The van der Waals surface area contributed by atoms with Crippen LogP contribution in [0.2, 0.25) is 0 Å². The van der Waals surface area contributed by atoms with Crippen molar-refractivity contribution in [2.45, 2.75) is 123 Å². The van der Waals surface area contributed by atoms with E-state index in [9.17, 15) is 182 Å². The van der Waals surface area contributed by atoms with Gasteiger partial charge in [0.25, 0.3) is 0 Å². The van der Waals surface area contributed by atoms with Gasteiger partial charge in [0.15, 0.2) is 37.0 Å². The third-order valence-corrected chi connectivity index (χ3v) is 18.5. The summed E-state index contributed by atoms with van der Waals surface area (Å²) in [4.78, 5) is 0. The number of benzene rings is 1. The molecule has 0 aliphatic carbocycles. The molecule has 64 nitrogen and oxygen atoms in total. The fourth-order valence-electron chi connectivity index (χ4n) is 9.08. The SMILES string of the molecule is O=S(=O)(O)OC[C@H]1O[C@@H](Oc2cccc(O[C@@H]3O[C@H](COS(=O)(=O)O)[C@@H](O[C@@H]4O[C@H](COS(=O)(=O)O)[C@@H](OS(=O)(=O)O)[C@H](OS(=O)(=O)O)[C@H]4OS(=O)(=O)O)[C@H](OS(=O)(=O)O)[C@H]3OS(=O)(=O)O)c2)[C@H](OS(=O)(=O)O)[C@@H](OS(=O)(=O)O)[C@@H]1O[C@@H]1O[C@H](COS(=O)(=O)O)[C@@H](OS(=O)(=O)O)[C@H](OS(=O)(=O)O)[C@H]1OS(=O)(=O)O. The van der Waals surface area contributed by atoms with Crippen LogP contribution in [-0.4, -0.2) is 331 Å². The van der Waals surface area contributed by atoms with Crippen molar-refractivity contribution in [1.82, 2.24) is 0 Å². The minimum atomic E-state index is -6.53. The Morgan fingerprint density at radius 2 is 0.407 bits per heavy atom. The zero-order valence-corrected chi connectivity index (χ0v) is 61.5. The van der Waals surface area contributed by atoms with Gasteiger partial charge in [-0.3, -0.25) is 63.7 Å². The lowest BCUT2D eigenvalue weighted by molar-refractivity contribution is -0.341. The summed E-state index contributed by atoms with van der Waals surface area (Å²) >= 11 is 0. The highest BCUT2D eigenvalue weighted by Crippen LogP contribution is 2.41. The number of ether oxygens (including phenoxy) is 8. The average Bonchev–Trinajstić information content (AvgIpc) is 0.760. The van der Waals surface area contributed by atoms with Gasteiger partial charge in [0.1, 0.15) is 84.7 Å². The maximum absolute atomic E-state index is 12.7. The molecule has 4 aliphatic rings. The van der Waals surface area contributed by atoms with Crippen LogP contribution in [0.25, 0.3) is 0 Å². The van der Waals surface area contributed by atoms with Gasteiger partial charge in [0.2, 0.25) is 12.6 Å². The fraction of sp³-hybridized carbons (Fsp3) is 0.800. The summed E-state index contributed by atoms with van der Waals surface area (Å²) in [6.45, 7) is -8.48. The minimum absolute atomic E-state index is 0.224. The van der Waals surface area contributed by atoms with Crippen LogP contribution in [-0.2, 0) is 233 Å². The predicted octanol–water partition coefficient (Wildman–Crippen LogP) is -10.7. The van der Waals surface area contributed by atoms with Gasteiger partial charge in [-0.2, -0.15) is 118 Å². The number of rotatable bonds is 40. The lowest BCUT2D eigenvalue weighted by Gasteiger charge is -2.48. The molecule has 78 heteroatoms. The van der Waals surface area contributed by atoms with Crippen LogP contribution in [0, 0.1) is 0 Å². The summed E-state index contributed by atoms with van der Waals surface area (Å²) < 4.78 is 579. The highest BCUT2D eigenvalue weighted by atomic mass is 32.3. The molecule has 4 aliphatic heterocycles. The van der Waals surface area contributed by atoms with Crippen LogP contribution < -0.4 is 9.47 Å². The first kappa shape index (κ1) is 95.3. The molecule has 5 rings (SSSR count). The molecule has 4 saturated heterocycles. The quantitative estimate of drug-likeness (QED) is 0.0271. The van der Waals surface area contributed by atoms with Crippen molar-refractivity contribution < 1.29 is 278 Å². The summed E-state index contributed by atoms with van der Waals surface area (Å²) in [5.74, 6) is -2.50. The lowest BCUT2D eigenvalue weighted by Crippen LogP contribution is -2.67. The van der Waals surface area contributed by atoms with Crippen molar-refractivity contribution in [2.75, 3.05) is 26.4 Å². The second-order valence-corrected chi connectivity index (χ2v) is 34.7. The van der Waals surface area contributed by atoms with E-state index in [1.165, 1.54) is 0 Å². The van der Waals surface area contributed by atoms with Crippen LogP contribution in [0.15, 0.2) is 24.3 Å². The maximum atomic E-state index is 12.7. The zero-order valence-electron chi connectivity index (χ0n) is 50.1. The lowest BCUT2D eigenvalue weighted by atomic mass is 9.97. The molecular formula is C30H46O64S14. The van der Waals surface area contributed by atoms with Crippen molar-refractivity contribution >= 4 is 146 Å². The van der Waals surface area contributed by atoms with E-state index in [2.05, 4.69) is 58.6 Å². The molecule has 0 bridgehead atoms. The summed E-state index contributed by atoms with van der Waals surface area (Å²) in [6.07, 6.45) is -68.1. The van der Waals surface area contributed by atoms with E-state index in [1.54, 1.807) is 0 Å². The van der Waals surface area contributed by atoms with Gasteiger partial charge in [-0.25, -0.2) is 58.6 Å². The van der Waals surface area contributed by atoms with Crippen LogP contribution in [0.4, 0.5) is 0 Å². The Balaban J connectivity index is 1.75. The van der Waals surface area contributed by atoms with Gasteiger partial charge in [-0.15, -0.1) is 0 Å². The highest BCUT2D eigenvalue weighted by Gasteiger charge is 2.62. The van der Waals surface area contributed by atoms with Crippen molar-refractivity contribution in [1.29, 1.82) is 0 Å². The molecule has 0 radical (unpaired) electrons. The molecule has 634 valence electrons.